The Morgan fingerprint density at radius 2 is 2.05 bits per heavy atom. The Morgan fingerprint density at radius 3 is 2.47 bits per heavy atom. The zero-order chi connectivity index (χ0) is 13.9. The molecule has 1 atom stereocenters. The predicted molar refractivity (Wildman–Crippen MR) is 76.6 cm³/mol. The maximum Gasteiger partial charge on any atom is 0.243 e. The molecule has 1 aliphatic carbocycles. The number of nitrogens with two attached hydrogens (primary N) is 1. The lowest BCUT2D eigenvalue weighted by atomic mass is 9.88. The van der Waals surface area contributed by atoms with Crippen LogP contribution >= 0.6 is 0 Å². The first-order valence-electron chi connectivity index (χ1n) is 6.92. The fourth-order valence-corrected chi connectivity index (χ4v) is 2.62. The SMILES string of the molecule is CCN(CC(NC)(C(N)=O)c1ccccc1)C1CC1. The van der Waals surface area contributed by atoms with Crippen LogP contribution in [0, 0.1) is 0 Å². The monoisotopic (exact) mass is 261 g/mol. The molecule has 2 rings (SSSR count). The Labute approximate surface area is 115 Å². The first-order valence-corrected chi connectivity index (χ1v) is 6.92. The zero-order valence-corrected chi connectivity index (χ0v) is 11.7. The molecule has 0 spiro atoms. The van der Waals surface area contributed by atoms with E-state index in [-0.39, 0.29) is 5.91 Å². The van der Waals surface area contributed by atoms with Crippen molar-refractivity contribution in [2.24, 2.45) is 5.73 Å². The van der Waals surface area contributed by atoms with Crippen LogP contribution in [0.4, 0.5) is 0 Å². The summed E-state index contributed by atoms with van der Waals surface area (Å²) in [5.74, 6) is -0.319. The summed E-state index contributed by atoms with van der Waals surface area (Å²) < 4.78 is 0. The van der Waals surface area contributed by atoms with E-state index in [1.165, 1.54) is 12.8 Å². The van der Waals surface area contributed by atoms with Crippen molar-refractivity contribution in [1.82, 2.24) is 10.2 Å². The highest BCUT2D eigenvalue weighted by Gasteiger charge is 2.41. The molecule has 1 aromatic carbocycles. The van der Waals surface area contributed by atoms with Gasteiger partial charge in [-0.1, -0.05) is 37.3 Å². The van der Waals surface area contributed by atoms with E-state index in [9.17, 15) is 4.79 Å². The summed E-state index contributed by atoms with van der Waals surface area (Å²) in [4.78, 5) is 14.4. The number of primary amides is 1. The number of carbonyl (C=O) groups is 1. The Balaban J connectivity index is 2.31. The third kappa shape index (κ3) is 2.80. The minimum absolute atomic E-state index is 0.319. The van der Waals surface area contributed by atoms with Crippen LogP contribution < -0.4 is 11.1 Å². The number of nitrogens with one attached hydrogen (secondary N) is 1. The van der Waals surface area contributed by atoms with E-state index in [2.05, 4.69) is 17.1 Å². The van der Waals surface area contributed by atoms with Crippen LogP contribution in [0.1, 0.15) is 25.3 Å². The molecule has 19 heavy (non-hydrogen) atoms. The van der Waals surface area contributed by atoms with E-state index < -0.39 is 5.54 Å². The highest BCUT2D eigenvalue weighted by atomic mass is 16.1. The van der Waals surface area contributed by atoms with Crippen molar-refractivity contribution < 1.29 is 4.79 Å². The van der Waals surface area contributed by atoms with Gasteiger partial charge in [-0.05, 0) is 32.0 Å². The van der Waals surface area contributed by atoms with Crippen LogP contribution in [0.15, 0.2) is 30.3 Å². The van der Waals surface area contributed by atoms with Gasteiger partial charge >= 0.3 is 0 Å². The number of hydrogen-bond donors (Lipinski definition) is 2. The lowest BCUT2D eigenvalue weighted by Crippen LogP contribution is -2.58. The first kappa shape index (κ1) is 14.0. The van der Waals surface area contributed by atoms with Gasteiger partial charge in [-0.3, -0.25) is 9.69 Å². The van der Waals surface area contributed by atoms with Crippen LogP contribution in [0.5, 0.6) is 0 Å². The molecule has 0 bridgehead atoms. The summed E-state index contributed by atoms with van der Waals surface area (Å²) in [6.07, 6.45) is 2.45. The molecule has 4 nitrogen and oxygen atoms in total. The number of nitrogens with zero attached hydrogens (tertiary/aromatic N) is 1. The Morgan fingerprint density at radius 1 is 1.42 bits per heavy atom. The molecule has 4 heteroatoms. The van der Waals surface area contributed by atoms with Gasteiger partial charge in [0.2, 0.25) is 5.91 Å². The molecule has 0 aromatic heterocycles. The normalized spacial score (nSPS) is 18.3. The number of amides is 1. The summed E-state index contributed by atoms with van der Waals surface area (Å²) in [7, 11) is 1.80. The predicted octanol–water partition coefficient (Wildman–Crippen LogP) is 1.07. The fraction of sp³-hybridized carbons (Fsp3) is 0.533. The molecule has 1 aromatic rings. The minimum Gasteiger partial charge on any atom is -0.368 e. The highest BCUT2D eigenvalue weighted by molar-refractivity contribution is 5.86. The summed E-state index contributed by atoms with van der Waals surface area (Å²) in [5.41, 5.74) is 5.84. The molecule has 0 heterocycles. The molecule has 0 aliphatic heterocycles. The molecular weight excluding hydrogens is 238 g/mol. The second-order valence-electron chi connectivity index (χ2n) is 5.18. The Kier molecular flexibility index (Phi) is 4.22. The summed E-state index contributed by atoms with van der Waals surface area (Å²) in [6.45, 7) is 3.70. The summed E-state index contributed by atoms with van der Waals surface area (Å²) >= 11 is 0. The van der Waals surface area contributed by atoms with Gasteiger partial charge in [0.1, 0.15) is 5.54 Å². The molecule has 1 unspecified atom stereocenters. The number of carbonyl (C=O) groups excluding carboxylic acids is 1. The van der Waals surface area contributed by atoms with E-state index in [1.54, 1.807) is 7.05 Å². The van der Waals surface area contributed by atoms with E-state index >= 15 is 0 Å². The molecule has 1 amide bonds. The number of hydrogen-bond acceptors (Lipinski definition) is 3. The van der Waals surface area contributed by atoms with Crippen molar-refractivity contribution in [1.29, 1.82) is 0 Å². The molecule has 104 valence electrons. The van der Waals surface area contributed by atoms with Gasteiger partial charge in [-0.25, -0.2) is 0 Å². The van der Waals surface area contributed by atoms with E-state index in [4.69, 9.17) is 5.73 Å². The lowest BCUT2D eigenvalue weighted by Gasteiger charge is -2.36. The largest absolute Gasteiger partial charge is 0.368 e. The van der Waals surface area contributed by atoms with Crippen molar-refractivity contribution in [3.8, 4) is 0 Å². The smallest absolute Gasteiger partial charge is 0.243 e. The summed E-state index contributed by atoms with van der Waals surface area (Å²) in [6, 6.07) is 10.4. The van der Waals surface area contributed by atoms with Crippen molar-refractivity contribution >= 4 is 5.91 Å². The Hall–Kier alpha value is -1.39. The van der Waals surface area contributed by atoms with Crippen molar-refractivity contribution in [2.75, 3.05) is 20.1 Å². The topological polar surface area (TPSA) is 58.4 Å². The second kappa shape index (κ2) is 5.72. The fourth-order valence-electron chi connectivity index (χ4n) is 2.62. The van der Waals surface area contributed by atoms with E-state index in [1.807, 2.05) is 30.3 Å². The average Bonchev–Trinajstić information content (AvgIpc) is 3.26. The van der Waals surface area contributed by atoms with Crippen LogP contribution in [0.2, 0.25) is 0 Å². The molecule has 1 saturated carbocycles. The van der Waals surface area contributed by atoms with Gasteiger partial charge in [-0.2, -0.15) is 0 Å². The molecule has 0 saturated heterocycles. The highest BCUT2D eigenvalue weighted by Crippen LogP contribution is 2.30. The first-order chi connectivity index (χ1) is 9.14. The average molecular weight is 261 g/mol. The standard InChI is InChI=1S/C15H23N3O/c1-3-18(13-9-10-13)11-15(17-2,14(16)19)12-7-5-4-6-8-12/h4-8,13,17H,3,9-11H2,1-2H3,(H2,16,19). The number of rotatable bonds is 7. The lowest BCUT2D eigenvalue weighted by molar-refractivity contribution is -0.125. The van der Waals surface area contributed by atoms with Gasteiger partial charge in [0.15, 0.2) is 0 Å². The van der Waals surface area contributed by atoms with Gasteiger partial charge in [-0.15, -0.1) is 0 Å². The van der Waals surface area contributed by atoms with Crippen molar-refractivity contribution in [3.05, 3.63) is 35.9 Å². The molecule has 1 aliphatic rings. The van der Waals surface area contributed by atoms with Gasteiger partial charge in [0.25, 0.3) is 0 Å². The van der Waals surface area contributed by atoms with Crippen LogP contribution in [-0.4, -0.2) is 37.0 Å². The van der Waals surface area contributed by atoms with Gasteiger partial charge in [0, 0.05) is 12.6 Å². The van der Waals surface area contributed by atoms with Crippen LogP contribution in [-0.2, 0) is 10.3 Å². The molecule has 0 radical (unpaired) electrons. The van der Waals surface area contributed by atoms with Crippen molar-refractivity contribution in [2.45, 2.75) is 31.3 Å². The minimum atomic E-state index is -0.806. The number of benzene rings is 1. The zero-order valence-electron chi connectivity index (χ0n) is 11.7. The van der Waals surface area contributed by atoms with E-state index in [0.29, 0.717) is 12.6 Å². The maximum absolute atomic E-state index is 12.1. The quantitative estimate of drug-likeness (QED) is 0.772. The molecule has 3 N–H and O–H groups in total. The summed E-state index contributed by atoms with van der Waals surface area (Å²) in [5, 5.41) is 3.16. The third-order valence-corrected chi connectivity index (χ3v) is 4.02. The molecular formula is C15H23N3O. The van der Waals surface area contributed by atoms with E-state index in [0.717, 1.165) is 12.1 Å². The maximum atomic E-state index is 12.1. The Bertz CT molecular complexity index is 430. The second-order valence-corrected chi connectivity index (χ2v) is 5.18. The van der Waals surface area contributed by atoms with Crippen LogP contribution in [0.3, 0.4) is 0 Å². The third-order valence-electron chi connectivity index (χ3n) is 4.02. The van der Waals surface area contributed by atoms with Gasteiger partial charge in [0.05, 0.1) is 0 Å². The van der Waals surface area contributed by atoms with Gasteiger partial charge < -0.3 is 11.1 Å². The van der Waals surface area contributed by atoms with Crippen LogP contribution in [0.25, 0.3) is 0 Å². The number of likely N-dealkylation sites (N-methyl/N-ethyl adjacent to an activating group) is 2. The van der Waals surface area contributed by atoms with Crippen molar-refractivity contribution in [3.63, 3.8) is 0 Å². The molecule has 1 fully saturated rings.